The minimum Gasteiger partial charge on any atom is -0.378 e. The Morgan fingerprint density at radius 1 is 1.10 bits per heavy atom. The smallest absolute Gasteiger partial charge is 0.290 e. The zero-order valence-electron chi connectivity index (χ0n) is 31.5. The number of carbonyl (C=O) groups is 2. The number of aliphatic hydroxyl groups is 1. The number of ether oxygens (including phenoxy) is 1. The van der Waals surface area contributed by atoms with Crippen LogP contribution >= 0.6 is 11.6 Å². The van der Waals surface area contributed by atoms with Gasteiger partial charge in [0.1, 0.15) is 35.2 Å². The number of halogens is 7. The molecule has 18 heteroatoms. The number of nitrogens with zero attached hydrogens (tertiary/aromatic N) is 3. The highest BCUT2D eigenvalue weighted by Gasteiger charge is 2.61. The number of nitrogens with one attached hydrogen (secondary N) is 4. The topological polar surface area (TPSA) is 154 Å². The molecular formula is C40H38ClF6N7O4. The van der Waals surface area contributed by atoms with E-state index in [1.54, 1.807) is 19.2 Å². The third kappa shape index (κ3) is 8.69. The summed E-state index contributed by atoms with van der Waals surface area (Å²) in [5.74, 6) is -3.62. The molecule has 4 aromatic rings. The van der Waals surface area contributed by atoms with Crippen molar-refractivity contribution < 1.29 is 45.8 Å². The van der Waals surface area contributed by atoms with Gasteiger partial charge in [-0.3, -0.25) is 19.7 Å². The number of hydrogen-bond acceptors (Lipinski definition) is 8. The molecule has 0 aliphatic heterocycles. The number of alkyl halides is 4. The van der Waals surface area contributed by atoms with Gasteiger partial charge in [0.05, 0.1) is 39.9 Å². The molecule has 5 N–H and O–H groups in total. The Bertz CT molecular complexity index is 2380. The first-order chi connectivity index (χ1) is 27.3. The quantitative estimate of drug-likeness (QED) is 0.0588. The van der Waals surface area contributed by atoms with Crippen LogP contribution in [0.1, 0.15) is 49.7 Å². The van der Waals surface area contributed by atoms with E-state index in [9.17, 15) is 32.3 Å². The van der Waals surface area contributed by atoms with Gasteiger partial charge in [0.15, 0.2) is 5.82 Å². The highest BCUT2D eigenvalue weighted by Crippen LogP contribution is 2.58. The van der Waals surface area contributed by atoms with Gasteiger partial charge in [-0.25, -0.2) is 22.5 Å². The number of amides is 2. The number of aryl methyl sites for hydroxylation is 1. The summed E-state index contributed by atoms with van der Waals surface area (Å²) in [6.45, 7) is 1.76. The van der Waals surface area contributed by atoms with Crippen molar-refractivity contribution in [2.45, 2.75) is 57.1 Å². The summed E-state index contributed by atoms with van der Waals surface area (Å²) in [6.07, 6.45) is -3.39. The highest BCUT2D eigenvalue weighted by molar-refractivity contribution is 6.37. The molecule has 0 unspecified atom stereocenters. The predicted octanol–water partition coefficient (Wildman–Crippen LogP) is 6.48. The van der Waals surface area contributed by atoms with E-state index < -0.39 is 82.8 Å². The van der Waals surface area contributed by atoms with Gasteiger partial charge in [0, 0.05) is 42.8 Å². The normalized spacial score (nSPS) is 17.7. The number of anilines is 1. The Kier molecular flexibility index (Phi) is 11.9. The van der Waals surface area contributed by atoms with Crippen LogP contribution in [0.5, 0.6) is 0 Å². The van der Waals surface area contributed by atoms with Gasteiger partial charge in [0.25, 0.3) is 18.3 Å². The molecule has 2 aliphatic rings. The van der Waals surface area contributed by atoms with Crippen LogP contribution in [0.4, 0.5) is 32.2 Å². The molecular weight excluding hydrogens is 792 g/mol. The van der Waals surface area contributed by atoms with E-state index >= 15 is 8.78 Å². The molecule has 306 valence electrons. The molecule has 58 heavy (non-hydrogen) atoms. The molecule has 2 aliphatic carbocycles. The van der Waals surface area contributed by atoms with Crippen molar-refractivity contribution in [2.75, 3.05) is 25.6 Å². The minimum atomic E-state index is -3.61. The maximum absolute atomic E-state index is 15.5. The average Bonchev–Trinajstić information content (AvgIpc) is 3.51. The van der Waals surface area contributed by atoms with Gasteiger partial charge in [-0.1, -0.05) is 23.6 Å². The fourth-order valence-electron chi connectivity index (χ4n) is 7.33. The molecule has 0 radical (unpaired) electrons. The minimum absolute atomic E-state index is 0.0537. The van der Waals surface area contributed by atoms with E-state index in [1.165, 1.54) is 37.8 Å². The summed E-state index contributed by atoms with van der Waals surface area (Å²) < 4.78 is 93.9. The first-order valence-electron chi connectivity index (χ1n) is 18.0. The maximum Gasteiger partial charge on any atom is 0.290 e. The van der Waals surface area contributed by atoms with E-state index in [0.29, 0.717) is 28.1 Å². The molecule has 11 nitrogen and oxygen atoms in total. The lowest BCUT2D eigenvalue weighted by Gasteiger charge is -2.35. The largest absolute Gasteiger partial charge is 0.378 e. The Morgan fingerprint density at radius 3 is 2.41 bits per heavy atom. The number of aromatic nitrogens is 3. The van der Waals surface area contributed by atoms with Gasteiger partial charge in [-0.05, 0) is 80.8 Å². The van der Waals surface area contributed by atoms with Crippen LogP contribution in [-0.2, 0) is 27.8 Å². The fourth-order valence-corrected chi connectivity index (χ4v) is 7.57. The monoisotopic (exact) mass is 829 g/mol. The lowest BCUT2D eigenvalue weighted by atomic mass is 9.71. The predicted molar refractivity (Wildman–Crippen MR) is 204 cm³/mol. The Morgan fingerprint density at radius 2 is 1.79 bits per heavy atom. The summed E-state index contributed by atoms with van der Waals surface area (Å²) in [5, 5.41) is 30.9. The van der Waals surface area contributed by atoms with Crippen LogP contribution < -0.4 is 16.0 Å². The Hall–Kier alpha value is -5.44. The molecule has 2 aromatic carbocycles. The van der Waals surface area contributed by atoms with Crippen molar-refractivity contribution in [2.24, 2.45) is 18.9 Å². The summed E-state index contributed by atoms with van der Waals surface area (Å²) in [7, 11) is 2.93. The second-order valence-electron chi connectivity index (χ2n) is 14.6. The molecule has 3 atom stereocenters. The number of rotatable bonds is 13. The molecule has 1 fully saturated rings. The standard InChI is InChI=1S/C40H38ClF6N7O4/c1-39(2,57)12-11-22-5-6-23(24-8-10-27(41)32-35(24)54(3)53-38(32)52-30(56)18-58-4)34(50-22)28(15-19-13-20(42)16-21(43)14-19)51-29(55)17-49-36-31(33(48)37(44)45)25-7-9-26(25)40(36,46)47/h5-6,8,10,13-14,16,25-26,28,37,48-49,57H,7,9,15,17-18H2,1-4H3,(H,51,55)(H,52,53,56)/t25-,26+,28-/m0/s1. The van der Waals surface area contributed by atoms with Gasteiger partial charge in [-0.15, -0.1) is 0 Å². The van der Waals surface area contributed by atoms with Crippen molar-refractivity contribution >= 4 is 45.8 Å². The van der Waals surface area contributed by atoms with E-state index in [0.717, 1.165) is 12.1 Å². The summed E-state index contributed by atoms with van der Waals surface area (Å²) in [4.78, 5) is 31.0. The summed E-state index contributed by atoms with van der Waals surface area (Å²) >= 11 is 6.65. The molecule has 2 amide bonds. The molecule has 1 saturated carbocycles. The van der Waals surface area contributed by atoms with Crippen molar-refractivity contribution in [3.05, 3.63) is 87.3 Å². The lowest BCUT2D eigenvalue weighted by Crippen LogP contribution is -2.42. The number of fused-ring (bicyclic) bond motifs is 2. The molecule has 2 aromatic heterocycles. The molecule has 2 heterocycles. The van der Waals surface area contributed by atoms with Gasteiger partial charge < -0.3 is 25.8 Å². The summed E-state index contributed by atoms with van der Waals surface area (Å²) in [6, 6.07) is 7.75. The second kappa shape index (κ2) is 16.4. The number of hydrogen-bond donors (Lipinski definition) is 5. The number of allylic oxidation sites excluding steroid dienone is 2. The Balaban J connectivity index is 1.47. The van der Waals surface area contributed by atoms with Crippen LogP contribution in [0, 0.1) is 40.7 Å². The van der Waals surface area contributed by atoms with E-state index in [-0.39, 0.29) is 53.7 Å². The zero-order chi connectivity index (χ0) is 42.3. The van der Waals surface area contributed by atoms with Crippen LogP contribution in [0.3, 0.4) is 0 Å². The number of methoxy groups -OCH3 is 1. The van der Waals surface area contributed by atoms with E-state index in [4.69, 9.17) is 26.7 Å². The molecule has 0 bridgehead atoms. The van der Waals surface area contributed by atoms with Crippen molar-refractivity contribution in [3.63, 3.8) is 0 Å². The van der Waals surface area contributed by atoms with E-state index in [1.807, 2.05) is 0 Å². The van der Waals surface area contributed by atoms with Crippen molar-refractivity contribution in [1.82, 2.24) is 25.4 Å². The maximum atomic E-state index is 15.5. The number of carbonyl (C=O) groups excluding carboxylic acids is 2. The van der Waals surface area contributed by atoms with E-state index in [2.05, 4.69) is 32.9 Å². The molecule has 6 rings (SSSR count). The SMILES string of the molecule is COCC(=O)Nc1nn(C)c2c(-c3ccc(C#CC(C)(C)O)nc3[C@H](Cc3cc(F)cc(F)c3)NC(=O)CNC3=C(C(=N)C(F)F)[C@H]4CC[C@H]4C3(F)F)ccc(Cl)c12. The summed E-state index contributed by atoms with van der Waals surface area (Å²) in [5.41, 5.74) is -2.77. The average molecular weight is 830 g/mol. The van der Waals surface area contributed by atoms with Crippen LogP contribution in [0.15, 0.2) is 53.7 Å². The highest BCUT2D eigenvalue weighted by atomic mass is 35.5. The third-order valence-electron chi connectivity index (χ3n) is 9.86. The molecule has 0 saturated heterocycles. The Labute approximate surface area is 333 Å². The van der Waals surface area contributed by atoms with Crippen LogP contribution in [0.25, 0.3) is 22.0 Å². The third-order valence-corrected chi connectivity index (χ3v) is 10.2. The number of benzene rings is 2. The first-order valence-corrected chi connectivity index (χ1v) is 18.3. The first kappa shape index (κ1) is 42.2. The zero-order valence-corrected chi connectivity index (χ0v) is 32.3. The van der Waals surface area contributed by atoms with Gasteiger partial charge in [-0.2, -0.15) is 13.9 Å². The van der Waals surface area contributed by atoms with Gasteiger partial charge in [0.2, 0.25) is 5.91 Å². The molecule has 0 spiro atoms. The van der Waals surface area contributed by atoms with Crippen LogP contribution in [-0.4, -0.2) is 75.6 Å². The van der Waals surface area contributed by atoms with Crippen molar-refractivity contribution in [3.8, 4) is 23.0 Å². The fraction of sp³-hybridized carbons (Fsp3) is 0.375. The van der Waals surface area contributed by atoms with Crippen molar-refractivity contribution in [1.29, 1.82) is 5.41 Å². The number of pyridine rings is 1. The van der Waals surface area contributed by atoms with Crippen LogP contribution in [0.2, 0.25) is 5.02 Å². The van der Waals surface area contributed by atoms with Gasteiger partial charge >= 0.3 is 0 Å². The second-order valence-corrected chi connectivity index (χ2v) is 15.0. The lowest BCUT2D eigenvalue weighted by molar-refractivity contribution is -0.121.